The number of rotatable bonds is 9. The Morgan fingerprint density at radius 1 is 1.20 bits per heavy atom. The Balaban J connectivity index is 2.52. The highest BCUT2D eigenvalue weighted by molar-refractivity contribution is 6.32. The Morgan fingerprint density at radius 2 is 1.83 bits per heavy atom. The van der Waals surface area contributed by atoms with E-state index in [4.69, 9.17) is 9.47 Å². The lowest BCUT2D eigenvalue weighted by Crippen LogP contribution is -2.32. The SMILES string of the molecule is CCO/C=C(\C(=O)c1ccc(C(F)(F)F)cc1[N+](=O)[O-])C(=O)C1(C(=O)OCC)CC1. The van der Waals surface area contributed by atoms with E-state index < -0.39 is 56.4 Å². The van der Waals surface area contributed by atoms with Crippen molar-refractivity contribution in [2.24, 2.45) is 5.41 Å². The Labute approximate surface area is 168 Å². The molecule has 8 nitrogen and oxygen atoms in total. The van der Waals surface area contributed by atoms with Gasteiger partial charge in [-0.1, -0.05) is 0 Å². The van der Waals surface area contributed by atoms with Gasteiger partial charge < -0.3 is 9.47 Å². The van der Waals surface area contributed by atoms with Gasteiger partial charge in [-0.15, -0.1) is 0 Å². The summed E-state index contributed by atoms with van der Waals surface area (Å²) in [5.41, 5.74) is -5.45. The molecule has 0 aromatic heterocycles. The number of allylic oxidation sites excluding steroid dienone is 1. The van der Waals surface area contributed by atoms with E-state index in [1.807, 2.05) is 0 Å². The predicted octanol–water partition coefficient (Wildman–Crippen LogP) is 3.63. The minimum absolute atomic E-state index is 0.00328. The minimum atomic E-state index is -4.87. The first kappa shape index (κ1) is 23.0. The molecule has 0 bridgehead atoms. The van der Waals surface area contributed by atoms with E-state index in [2.05, 4.69) is 0 Å². The van der Waals surface area contributed by atoms with Gasteiger partial charge in [-0.3, -0.25) is 24.5 Å². The Morgan fingerprint density at radius 3 is 2.30 bits per heavy atom. The molecule has 0 atom stereocenters. The highest BCUT2D eigenvalue weighted by atomic mass is 19.4. The lowest BCUT2D eigenvalue weighted by Gasteiger charge is -2.15. The topological polar surface area (TPSA) is 113 Å². The molecule has 0 radical (unpaired) electrons. The van der Waals surface area contributed by atoms with Crippen molar-refractivity contribution in [3.63, 3.8) is 0 Å². The van der Waals surface area contributed by atoms with Crippen LogP contribution in [0.1, 0.15) is 42.6 Å². The number of ketones is 2. The number of carbonyl (C=O) groups excluding carboxylic acids is 3. The number of alkyl halides is 3. The summed E-state index contributed by atoms with van der Waals surface area (Å²) in [5, 5.41) is 11.3. The highest BCUT2D eigenvalue weighted by Crippen LogP contribution is 2.49. The van der Waals surface area contributed by atoms with Gasteiger partial charge in [0.2, 0.25) is 5.78 Å². The Hall–Kier alpha value is -3.24. The van der Waals surface area contributed by atoms with Crippen molar-refractivity contribution in [2.75, 3.05) is 13.2 Å². The lowest BCUT2D eigenvalue weighted by atomic mass is 9.89. The minimum Gasteiger partial charge on any atom is -0.501 e. The van der Waals surface area contributed by atoms with Gasteiger partial charge in [0.05, 0.1) is 30.0 Å². The zero-order valence-corrected chi connectivity index (χ0v) is 16.1. The van der Waals surface area contributed by atoms with Crippen LogP contribution in [0, 0.1) is 15.5 Å². The number of esters is 1. The maximum atomic E-state index is 13.0. The second kappa shape index (κ2) is 8.64. The average molecular weight is 429 g/mol. The summed E-state index contributed by atoms with van der Waals surface area (Å²) in [6.07, 6.45) is -3.88. The third-order valence-electron chi connectivity index (χ3n) is 4.47. The van der Waals surface area contributed by atoms with Gasteiger partial charge in [0, 0.05) is 6.07 Å². The monoisotopic (exact) mass is 429 g/mol. The highest BCUT2D eigenvalue weighted by Gasteiger charge is 2.59. The van der Waals surface area contributed by atoms with Crippen LogP contribution in [0.3, 0.4) is 0 Å². The molecule has 1 saturated carbocycles. The molecule has 0 unspecified atom stereocenters. The smallest absolute Gasteiger partial charge is 0.416 e. The zero-order chi connectivity index (χ0) is 22.7. The predicted molar refractivity (Wildman–Crippen MR) is 95.4 cm³/mol. The maximum Gasteiger partial charge on any atom is 0.416 e. The van der Waals surface area contributed by atoms with Gasteiger partial charge in [-0.25, -0.2) is 0 Å². The molecule has 0 N–H and O–H groups in total. The normalized spacial score (nSPS) is 15.3. The summed E-state index contributed by atoms with van der Waals surface area (Å²) in [4.78, 5) is 48.2. The molecule has 1 aliphatic carbocycles. The molecule has 30 heavy (non-hydrogen) atoms. The van der Waals surface area contributed by atoms with Crippen molar-refractivity contribution in [2.45, 2.75) is 32.9 Å². The van der Waals surface area contributed by atoms with Crippen molar-refractivity contribution < 1.29 is 42.0 Å². The second-order valence-corrected chi connectivity index (χ2v) is 6.43. The standard InChI is InChI=1S/C19H18F3NO7/c1-3-29-10-13(16(25)18(7-8-18)17(26)30-4-2)15(24)12-6-5-11(19(20,21)22)9-14(12)23(27)28/h5-6,9-10H,3-4,7-8H2,1-2H3/b13-10+. The number of nitrogens with zero attached hydrogens (tertiary/aromatic N) is 1. The number of nitro benzene ring substituents is 1. The quantitative estimate of drug-likeness (QED) is 0.0861. The third kappa shape index (κ3) is 4.50. The molecule has 1 aliphatic rings. The molecule has 0 saturated heterocycles. The molecule has 0 heterocycles. The van der Waals surface area contributed by atoms with Crippen molar-refractivity contribution in [3.8, 4) is 0 Å². The fourth-order valence-corrected chi connectivity index (χ4v) is 2.75. The summed E-state index contributed by atoms with van der Waals surface area (Å²) in [6, 6.07) is 1.34. The third-order valence-corrected chi connectivity index (χ3v) is 4.47. The molecule has 1 fully saturated rings. The van der Waals surface area contributed by atoms with Gasteiger partial charge in [-0.05, 0) is 38.8 Å². The second-order valence-electron chi connectivity index (χ2n) is 6.43. The van der Waals surface area contributed by atoms with Crippen LogP contribution in [0.5, 0.6) is 0 Å². The van der Waals surface area contributed by atoms with E-state index in [9.17, 15) is 37.7 Å². The summed E-state index contributed by atoms with van der Waals surface area (Å²) < 4.78 is 48.6. The number of nitro groups is 1. The molecule has 1 aromatic rings. The molecule has 1 aromatic carbocycles. The molecule has 0 amide bonds. The first-order valence-corrected chi connectivity index (χ1v) is 8.93. The van der Waals surface area contributed by atoms with Crippen molar-refractivity contribution in [1.29, 1.82) is 0 Å². The van der Waals surface area contributed by atoms with Crippen LogP contribution in [0.15, 0.2) is 30.0 Å². The summed E-state index contributed by atoms with van der Waals surface area (Å²) in [5.74, 6) is -3.01. The fourth-order valence-electron chi connectivity index (χ4n) is 2.75. The van der Waals surface area contributed by atoms with Crippen LogP contribution in [0.25, 0.3) is 0 Å². The molecular formula is C19H18F3NO7. The summed E-state index contributed by atoms with van der Waals surface area (Å²) >= 11 is 0. The first-order chi connectivity index (χ1) is 14.0. The van der Waals surface area contributed by atoms with Gasteiger partial charge in [0.1, 0.15) is 16.6 Å². The van der Waals surface area contributed by atoms with Crippen molar-refractivity contribution in [1.82, 2.24) is 0 Å². The zero-order valence-electron chi connectivity index (χ0n) is 16.1. The van der Waals surface area contributed by atoms with E-state index in [1.54, 1.807) is 6.92 Å². The van der Waals surface area contributed by atoms with E-state index in [-0.39, 0.29) is 32.1 Å². The summed E-state index contributed by atoms with van der Waals surface area (Å²) in [7, 11) is 0. The van der Waals surface area contributed by atoms with Crippen molar-refractivity contribution >= 4 is 23.2 Å². The van der Waals surface area contributed by atoms with Crippen LogP contribution in [-0.2, 0) is 25.2 Å². The van der Waals surface area contributed by atoms with Crippen LogP contribution in [0.2, 0.25) is 0 Å². The summed E-state index contributed by atoms with van der Waals surface area (Å²) in [6.45, 7) is 3.11. The number of carbonyl (C=O) groups is 3. The number of benzene rings is 1. The van der Waals surface area contributed by atoms with Crippen LogP contribution in [-0.4, -0.2) is 35.7 Å². The Kier molecular flexibility index (Phi) is 6.63. The number of hydrogen-bond acceptors (Lipinski definition) is 7. The van der Waals surface area contributed by atoms with Crippen molar-refractivity contribution in [3.05, 3.63) is 51.3 Å². The Bertz CT molecular complexity index is 917. The van der Waals surface area contributed by atoms with Gasteiger partial charge >= 0.3 is 12.1 Å². The van der Waals surface area contributed by atoms with E-state index in [0.29, 0.717) is 12.1 Å². The molecule has 11 heteroatoms. The molecule has 2 rings (SSSR count). The van der Waals surface area contributed by atoms with Gasteiger partial charge in [0.25, 0.3) is 5.69 Å². The van der Waals surface area contributed by atoms with E-state index in [1.165, 1.54) is 6.92 Å². The number of halogens is 3. The van der Waals surface area contributed by atoms with Gasteiger partial charge in [-0.2, -0.15) is 13.2 Å². The number of Topliss-reactive ketones (excluding diaryl/α,β-unsaturated/α-hetero) is 2. The fraction of sp³-hybridized carbons (Fsp3) is 0.421. The largest absolute Gasteiger partial charge is 0.501 e. The number of ether oxygens (including phenoxy) is 2. The first-order valence-electron chi connectivity index (χ1n) is 8.93. The molecule has 0 aliphatic heterocycles. The van der Waals surface area contributed by atoms with E-state index >= 15 is 0 Å². The number of hydrogen-bond donors (Lipinski definition) is 0. The maximum absolute atomic E-state index is 13.0. The van der Waals surface area contributed by atoms with Crippen LogP contribution < -0.4 is 0 Å². The average Bonchev–Trinajstić information content (AvgIpc) is 3.49. The van der Waals surface area contributed by atoms with Crippen LogP contribution in [0.4, 0.5) is 18.9 Å². The van der Waals surface area contributed by atoms with Gasteiger partial charge in [0.15, 0.2) is 5.78 Å². The molecular weight excluding hydrogens is 411 g/mol. The van der Waals surface area contributed by atoms with E-state index in [0.717, 1.165) is 6.26 Å². The molecule has 162 valence electrons. The molecule has 0 spiro atoms. The van der Waals surface area contributed by atoms with Crippen LogP contribution >= 0.6 is 0 Å². The lowest BCUT2D eigenvalue weighted by molar-refractivity contribution is -0.385.